The van der Waals surface area contributed by atoms with E-state index in [1.807, 2.05) is 47.6 Å². The Morgan fingerprint density at radius 1 is 0.947 bits per heavy atom. The van der Waals surface area contributed by atoms with Gasteiger partial charge in [-0.05, 0) is 34.1 Å². The topological polar surface area (TPSA) is 66.8 Å². The molecule has 0 spiro atoms. The van der Waals surface area contributed by atoms with E-state index in [2.05, 4.69) is 4.67 Å². The lowest BCUT2D eigenvalue weighted by molar-refractivity contribution is -0.143. The van der Waals surface area contributed by atoms with Crippen LogP contribution in [-0.2, 0) is 20.1 Å². The summed E-state index contributed by atoms with van der Waals surface area (Å²) in [6.45, 7) is 12.2. The van der Waals surface area contributed by atoms with Crippen LogP contribution in [-0.4, -0.2) is 10.2 Å². The van der Waals surface area contributed by atoms with Crippen LogP contribution in [0.1, 0.15) is 52.7 Å². The maximum atomic E-state index is 11.8. The minimum atomic E-state index is -4.16. The van der Waals surface area contributed by atoms with Gasteiger partial charge in [0.25, 0.3) is 0 Å². The molecule has 5 heteroatoms. The molecule has 4 nitrogen and oxygen atoms in total. The van der Waals surface area contributed by atoms with Crippen molar-refractivity contribution in [2.45, 2.75) is 52.4 Å². The number of hydrogen-bond donors (Lipinski definition) is 2. The molecule has 1 aromatic rings. The van der Waals surface area contributed by atoms with Crippen molar-refractivity contribution in [1.82, 2.24) is 0 Å². The lowest BCUT2D eigenvalue weighted by Gasteiger charge is -2.26. The van der Waals surface area contributed by atoms with Crippen molar-refractivity contribution in [3.05, 3.63) is 29.3 Å². The van der Waals surface area contributed by atoms with Crippen molar-refractivity contribution in [1.29, 1.82) is 0 Å². The highest BCUT2D eigenvalue weighted by Gasteiger charge is 2.28. The second kappa shape index (κ2) is 5.02. The Morgan fingerprint density at radius 3 is 1.58 bits per heavy atom. The SMILES string of the molecule is CC(C)(C)c1cc(C(C)(C)C)cc(P(=O)(O)OO)c1. The molecule has 0 fully saturated rings. The monoisotopic (exact) mass is 286 g/mol. The Labute approximate surface area is 114 Å². The molecule has 0 aliphatic carbocycles. The average Bonchev–Trinajstić information content (AvgIpc) is 2.26. The molecule has 0 radical (unpaired) electrons. The zero-order chi connectivity index (χ0) is 15.1. The molecule has 108 valence electrons. The van der Waals surface area contributed by atoms with Crippen LogP contribution in [0.2, 0.25) is 0 Å². The zero-order valence-corrected chi connectivity index (χ0v) is 13.3. The molecule has 1 unspecified atom stereocenters. The van der Waals surface area contributed by atoms with Crippen molar-refractivity contribution in [2.75, 3.05) is 0 Å². The highest BCUT2D eigenvalue weighted by molar-refractivity contribution is 7.61. The third-order valence-electron chi connectivity index (χ3n) is 3.09. The molecule has 1 atom stereocenters. The van der Waals surface area contributed by atoms with Gasteiger partial charge in [0.2, 0.25) is 0 Å². The van der Waals surface area contributed by atoms with Crippen molar-refractivity contribution in [3.63, 3.8) is 0 Å². The quantitative estimate of drug-likeness (QED) is 0.495. The first kappa shape index (κ1) is 16.4. The van der Waals surface area contributed by atoms with Gasteiger partial charge < -0.3 is 4.89 Å². The predicted octanol–water partition coefficient (Wildman–Crippen LogP) is 3.58. The van der Waals surface area contributed by atoms with Crippen LogP contribution in [0.25, 0.3) is 0 Å². The summed E-state index contributed by atoms with van der Waals surface area (Å²) in [5.74, 6) is 0. The van der Waals surface area contributed by atoms with Gasteiger partial charge in [0.1, 0.15) is 0 Å². The van der Waals surface area contributed by atoms with Gasteiger partial charge in [-0.2, -0.15) is 0 Å². The Morgan fingerprint density at radius 2 is 1.32 bits per heavy atom. The van der Waals surface area contributed by atoms with Crippen LogP contribution in [0, 0.1) is 0 Å². The molecule has 2 N–H and O–H groups in total. The summed E-state index contributed by atoms with van der Waals surface area (Å²) < 4.78 is 15.6. The van der Waals surface area contributed by atoms with E-state index in [9.17, 15) is 9.46 Å². The molecule has 0 bridgehead atoms. The molecular weight excluding hydrogens is 263 g/mol. The number of rotatable bonds is 2. The van der Waals surface area contributed by atoms with Gasteiger partial charge in [-0.3, -0.25) is 4.57 Å². The van der Waals surface area contributed by atoms with E-state index < -0.39 is 7.60 Å². The maximum absolute atomic E-state index is 11.8. The normalized spacial score (nSPS) is 16.2. The number of benzene rings is 1. The molecule has 0 saturated carbocycles. The molecule has 0 amide bonds. The third-order valence-corrected chi connectivity index (χ3v) is 4.22. The first-order valence-electron chi connectivity index (χ1n) is 6.20. The van der Waals surface area contributed by atoms with E-state index in [4.69, 9.17) is 5.26 Å². The molecule has 0 aliphatic rings. The van der Waals surface area contributed by atoms with Crippen molar-refractivity contribution in [3.8, 4) is 0 Å². The van der Waals surface area contributed by atoms with Crippen molar-refractivity contribution >= 4 is 12.9 Å². The average molecular weight is 286 g/mol. The highest BCUT2D eigenvalue weighted by atomic mass is 31.2. The Balaban J connectivity index is 3.55. The van der Waals surface area contributed by atoms with Crippen molar-refractivity contribution in [2.24, 2.45) is 0 Å². The van der Waals surface area contributed by atoms with E-state index >= 15 is 0 Å². The van der Waals surface area contributed by atoms with Gasteiger partial charge >= 0.3 is 7.60 Å². The second-order valence-electron chi connectivity index (χ2n) is 6.87. The molecule has 0 aromatic heterocycles. The van der Waals surface area contributed by atoms with Crippen LogP contribution < -0.4 is 5.30 Å². The molecule has 1 aromatic carbocycles. The van der Waals surface area contributed by atoms with Crippen LogP contribution >= 0.6 is 7.60 Å². The largest absolute Gasteiger partial charge is 0.385 e. The summed E-state index contributed by atoms with van der Waals surface area (Å²) >= 11 is 0. The first-order valence-corrected chi connectivity index (χ1v) is 7.78. The van der Waals surface area contributed by atoms with Crippen LogP contribution in [0.3, 0.4) is 0 Å². The Bertz CT molecular complexity index is 477. The maximum Gasteiger partial charge on any atom is 0.385 e. The van der Waals surface area contributed by atoms with Gasteiger partial charge in [0.05, 0.1) is 5.30 Å². The molecule has 0 heterocycles. The zero-order valence-electron chi connectivity index (χ0n) is 12.4. The fraction of sp³-hybridized carbons (Fsp3) is 0.571. The van der Waals surface area contributed by atoms with Crippen molar-refractivity contribution < 1.29 is 19.4 Å². The van der Waals surface area contributed by atoms with Gasteiger partial charge in [0, 0.05) is 0 Å². The minimum Gasteiger partial charge on any atom is -0.319 e. The second-order valence-corrected chi connectivity index (χ2v) is 8.59. The van der Waals surface area contributed by atoms with Crippen LogP contribution in [0.5, 0.6) is 0 Å². The standard InChI is InChI=1S/C14H23O4P/c1-13(2,3)10-7-11(14(4,5)6)9-12(8-10)19(16,17)18-15/h7-9,15H,1-6H3,(H,16,17). The summed E-state index contributed by atoms with van der Waals surface area (Å²) in [5.41, 5.74) is 1.54. The Hall–Kier alpha value is -0.670. The first-order chi connectivity index (χ1) is 8.38. The number of hydrogen-bond acceptors (Lipinski definition) is 3. The minimum absolute atomic E-state index is 0.118. The fourth-order valence-corrected chi connectivity index (χ4v) is 2.39. The summed E-state index contributed by atoms with van der Waals surface area (Å²) in [7, 11) is -4.16. The van der Waals surface area contributed by atoms with E-state index in [1.54, 1.807) is 12.1 Å². The van der Waals surface area contributed by atoms with E-state index in [-0.39, 0.29) is 16.1 Å². The molecule has 1 rings (SSSR count). The van der Waals surface area contributed by atoms with Gasteiger partial charge in [-0.1, -0.05) is 47.6 Å². The lowest BCUT2D eigenvalue weighted by Crippen LogP contribution is -2.21. The Kier molecular flexibility index (Phi) is 4.33. The molecule has 0 saturated heterocycles. The van der Waals surface area contributed by atoms with Gasteiger partial charge in [0.15, 0.2) is 0 Å². The summed E-state index contributed by atoms with van der Waals surface area (Å²) in [5, 5.41) is 8.74. The smallest absolute Gasteiger partial charge is 0.319 e. The van der Waals surface area contributed by atoms with Gasteiger partial charge in [-0.25, -0.2) is 5.26 Å². The molecule has 0 aliphatic heterocycles. The van der Waals surface area contributed by atoms with E-state index in [0.29, 0.717) is 0 Å². The highest BCUT2D eigenvalue weighted by Crippen LogP contribution is 2.41. The van der Waals surface area contributed by atoms with Gasteiger partial charge in [-0.15, -0.1) is 4.67 Å². The van der Waals surface area contributed by atoms with Crippen LogP contribution in [0.15, 0.2) is 18.2 Å². The summed E-state index contributed by atoms with van der Waals surface area (Å²) in [6.07, 6.45) is 0. The molecule has 19 heavy (non-hydrogen) atoms. The van der Waals surface area contributed by atoms with E-state index in [0.717, 1.165) is 11.1 Å². The summed E-state index contributed by atoms with van der Waals surface area (Å²) in [4.78, 5) is 9.66. The summed E-state index contributed by atoms with van der Waals surface area (Å²) in [6, 6.07) is 5.26. The molecular formula is C14H23O4P. The lowest BCUT2D eigenvalue weighted by atomic mass is 9.81. The predicted molar refractivity (Wildman–Crippen MR) is 77.0 cm³/mol. The van der Waals surface area contributed by atoms with E-state index in [1.165, 1.54) is 0 Å². The fourth-order valence-electron chi connectivity index (χ4n) is 1.69. The third kappa shape index (κ3) is 3.90. The van der Waals surface area contributed by atoms with Crippen LogP contribution in [0.4, 0.5) is 0 Å².